The van der Waals surface area contributed by atoms with Gasteiger partial charge in [-0.15, -0.1) is 10.2 Å². The smallest absolute Gasteiger partial charge is 0.341 e. The number of hydrogen-bond acceptors (Lipinski definition) is 6. The number of carbonyl (C=O) groups is 1. The van der Waals surface area contributed by atoms with E-state index in [-0.39, 0.29) is 0 Å². The Morgan fingerprint density at radius 1 is 1.35 bits per heavy atom. The van der Waals surface area contributed by atoms with Gasteiger partial charge in [-0.2, -0.15) is 0 Å². The number of methoxy groups -OCH3 is 1. The van der Waals surface area contributed by atoms with Crippen molar-refractivity contribution in [3.8, 4) is 5.69 Å². The van der Waals surface area contributed by atoms with E-state index in [9.17, 15) is 4.79 Å². The van der Waals surface area contributed by atoms with Crippen LogP contribution in [0.25, 0.3) is 5.69 Å². The third-order valence-electron chi connectivity index (χ3n) is 3.27. The Hall–Kier alpha value is -2.54. The molecule has 0 bridgehead atoms. The maximum Gasteiger partial charge on any atom is 0.341 e. The number of hydrogen-bond donors (Lipinski definition) is 0. The molecule has 0 aliphatic heterocycles. The van der Waals surface area contributed by atoms with E-state index < -0.39 is 5.97 Å². The molecule has 23 heavy (non-hydrogen) atoms. The monoisotopic (exact) mass is 329 g/mol. The van der Waals surface area contributed by atoms with Crippen LogP contribution in [0.1, 0.15) is 21.9 Å². The molecular formula is C16H15N3O3S. The minimum absolute atomic E-state index is 0.394. The van der Waals surface area contributed by atoms with Crippen molar-refractivity contribution in [2.24, 2.45) is 0 Å². The minimum atomic E-state index is -0.394. The fourth-order valence-electron chi connectivity index (χ4n) is 2.15. The van der Waals surface area contributed by atoms with Crippen LogP contribution in [0.3, 0.4) is 0 Å². The van der Waals surface area contributed by atoms with Crippen LogP contribution >= 0.6 is 11.8 Å². The first kappa shape index (κ1) is 15.4. The van der Waals surface area contributed by atoms with Crippen LogP contribution in [0, 0.1) is 6.92 Å². The van der Waals surface area contributed by atoms with Gasteiger partial charge in [-0.1, -0.05) is 30.0 Å². The lowest BCUT2D eigenvalue weighted by Gasteiger charge is -2.04. The second kappa shape index (κ2) is 6.70. The molecule has 0 N–H and O–H groups in total. The van der Waals surface area contributed by atoms with Crippen LogP contribution < -0.4 is 0 Å². The molecule has 0 saturated carbocycles. The fraction of sp³-hybridized carbons (Fsp3) is 0.188. The quantitative estimate of drug-likeness (QED) is 0.528. The van der Waals surface area contributed by atoms with Crippen LogP contribution in [0.2, 0.25) is 0 Å². The summed E-state index contributed by atoms with van der Waals surface area (Å²) in [4.78, 5) is 11.6. The lowest BCUT2D eigenvalue weighted by Crippen LogP contribution is -2.00. The van der Waals surface area contributed by atoms with Gasteiger partial charge in [0.25, 0.3) is 0 Å². The summed E-state index contributed by atoms with van der Waals surface area (Å²) in [6, 6.07) is 11.6. The summed E-state index contributed by atoms with van der Waals surface area (Å²) < 4.78 is 12.2. The number of aromatic nitrogens is 3. The van der Waals surface area contributed by atoms with Crippen molar-refractivity contribution < 1.29 is 13.9 Å². The number of para-hydroxylation sites is 1. The van der Waals surface area contributed by atoms with E-state index in [0.717, 1.165) is 10.8 Å². The first-order valence-electron chi connectivity index (χ1n) is 6.95. The number of ether oxygens (including phenoxy) is 1. The van der Waals surface area contributed by atoms with Gasteiger partial charge in [0.05, 0.1) is 12.9 Å². The van der Waals surface area contributed by atoms with E-state index >= 15 is 0 Å². The van der Waals surface area contributed by atoms with Gasteiger partial charge in [-0.05, 0) is 25.1 Å². The summed E-state index contributed by atoms with van der Waals surface area (Å²) in [6.07, 6.45) is 1.67. The molecule has 0 amide bonds. The van der Waals surface area contributed by atoms with Crippen molar-refractivity contribution in [1.29, 1.82) is 0 Å². The maximum absolute atomic E-state index is 11.6. The molecule has 7 heteroatoms. The van der Waals surface area contributed by atoms with Crippen molar-refractivity contribution >= 4 is 17.7 Å². The van der Waals surface area contributed by atoms with E-state index in [4.69, 9.17) is 9.15 Å². The highest BCUT2D eigenvalue weighted by molar-refractivity contribution is 7.98. The van der Waals surface area contributed by atoms with E-state index in [1.165, 1.54) is 18.9 Å². The molecule has 0 radical (unpaired) electrons. The molecule has 0 fully saturated rings. The molecule has 0 unspecified atom stereocenters. The average Bonchev–Trinajstić information content (AvgIpc) is 3.19. The van der Waals surface area contributed by atoms with Gasteiger partial charge >= 0.3 is 5.97 Å². The standard InChI is InChI=1S/C16H15N3O3S/c1-11-14(15(20)21-2)8-13(22-11)9-23-16-18-17-10-19(16)12-6-4-3-5-7-12/h3-8,10H,9H2,1-2H3. The Kier molecular flexibility index (Phi) is 4.47. The van der Waals surface area contributed by atoms with Crippen LogP contribution in [-0.4, -0.2) is 27.8 Å². The molecule has 118 valence electrons. The van der Waals surface area contributed by atoms with Crippen molar-refractivity contribution in [2.45, 2.75) is 17.8 Å². The molecule has 3 rings (SSSR count). The fourth-order valence-corrected chi connectivity index (χ4v) is 2.96. The number of aryl methyl sites for hydroxylation is 1. The lowest BCUT2D eigenvalue weighted by molar-refractivity contribution is 0.0599. The highest BCUT2D eigenvalue weighted by Crippen LogP contribution is 2.26. The molecular weight excluding hydrogens is 314 g/mol. The largest absolute Gasteiger partial charge is 0.465 e. The first-order valence-corrected chi connectivity index (χ1v) is 7.93. The molecule has 3 aromatic rings. The number of thioether (sulfide) groups is 1. The number of rotatable bonds is 5. The Morgan fingerprint density at radius 3 is 2.87 bits per heavy atom. The van der Waals surface area contributed by atoms with Gasteiger partial charge in [0.2, 0.25) is 0 Å². The number of nitrogens with zero attached hydrogens (tertiary/aromatic N) is 3. The van der Waals surface area contributed by atoms with Gasteiger partial charge in [0, 0.05) is 5.69 Å². The van der Waals surface area contributed by atoms with Crippen LogP contribution in [0.4, 0.5) is 0 Å². The van der Waals surface area contributed by atoms with Gasteiger partial charge < -0.3 is 9.15 Å². The van der Waals surface area contributed by atoms with Crippen molar-refractivity contribution in [3.05, 3.63) is 59.8 Å². The summed E-state index contributed by atoms with van der Waals surface area (Å²) in [5.74, 6) is 1.39. The van der Waals surface area contributed by atoms with E-state index in [1.807, 2.05) is 34.9 Å². The predicted molar refractivity (Wildman–Crippen MR) is 85.7 cm³/mol. The van der Waals surface area contributed by atoms with E-state index in [1.54, 1.807) is 19.3 Å². The zero-order valence-electron chi connectivity index (χ0n) is 12.7. The van der Waals surface area contributed by atoms with E-state index in [0.29, 0.717) is 22.8 Å². The number of benzene rings is 1. The molecule has 6 nitrogen and oxygen atoms in total. The van der Waals surface area contributed by atoms with Gasteiger partial charge in [0.1, 0.15) is 23.4 Å². The summed E-state index contributed by atoms with van der Waals surface area (Å²) >= 11 is 1.49. The second-order valence-corrected chi connectivity index (χ2v) is 5.72. The summed E-state index contributed by atoms with van der Waals surface area (Å²) in [5, 5.41) is 8.85. The molecule has 0 atom stereocenters. The maximum atomic E-state index is 11.6. The summed E-state index contributed by atoms with van der Waals surface area (Å²) in [6.45, 7) is 1.74. The molecule has 2 aromatic heterocycles. The zero-order chi connectivity index (χ0) is 16.2. The first-order chi connectivity index (χ1) is 11.2. The highest BCUT2D eigenvalue weighted by Gasteiger charge is 2.16. The molecule has 0 spiro atoms. The Bertz CT molecular complexity index is 811. The van der Waals surface area contributed by atoms with Crippen molar-refractivity contribution in [1.82, 2.24) is 14.8 Å². The molecule has 0 saturated heterocycles. The number of carbonyl (C=O) groups excluding carboxylic acids is 1. The average molecular weight is 329 g/mol. The minimum Gasteiger partial charge on any atom is -0.465 e. The summed E-state index contributed by atoms with van der Waals surface area (Å²) in [5.41, 5.74) is 1.44. The Morgan fingerprint density at radius 2 is 2.13 bits per heavy atom. The molecule has 0 aliphatic carbocycles. The summed E-state index contributed by atoms with van der Waals surface area (Å²) in [7, 11) is 1.35. The van der Waals surface area contributed by atoms with Crippen molar-refractivity contribution in [2.75, 3.05) is 7.11 Å². The topological polar surface area (TPSA) is 70.2 Å². The van der Waals surface area contributed by atoms with Crippen molar-refractivity contribution in [3.63, 3.8) is 0 Å². The third-order valence-corrected chi connectivity index (χ3v) is 4.23. The SMILES string of the molecule is COC(=O)c1cc(CSc2nncn2-c2ccccc2)oc1C. The normalized spacial score (nSPS) is 10.7. The van der Waals surface area contributed by atoms with Gasteiger partial charge in [0.15, 0.2) is 5.16 Å². The molecule has 1 aromatic carbocycles. The zero-order valence-corrected chi connectivity index (χ0v) is 13.5. The highest BCUT2D eigenvalue weighted by atomic mass is 32.2. The van der Waals surface area contributed by atoms with Crippen LogP contribution in [0.5, 0.6) is 0 Å². The predicted octanol–water partition coefficient (Wildman–Crippen LogP) is 3.25. The van der Waals surface area contributed by atoms with Crippen LogP contribution in [0.15, 0.2) is 52.3 Å². The van der Waals surface area contributed by atoms with E-state index in [2.05, 4.69) is 10.2 Å². The Labute approximate surface area is 137 Å². The Balaban J connectivity index is 1.75. The molecule has 0 aliphatic rings. The molecule has 2 heterocycles. The lowest BCUT2D eigenvalue weighted by atomic mass is 10.2. The van der Waals surface area contributed by atoms with Crippen LogP contribution in [-0.2, 0) is 10.5 Å². The number of furan rings is 1. The second-order valence-electron chi connectivity index (χ2n) is 4.78. The van der Waals surface area contributed by atoms with Gasteiger partial charge in [-0.3, -0.25) is 4.57 Å². The van der Waals surface area contributed by atoms with Gasteiger partial charge in [-0.25, -0.2) is 4.79 Å². The number of esters is 1. The third kappa shape index (κ3) is 3.29.